The Morgan fingerprint density at radius 2 is 2.19 bits per heavy atom. The highest BCUT2D eigenvalue weighted by molar-refractivity contribution is 5.78. The van der Waals surface area contributed by atoms with Gasteiger partial charge in [-0.05, 0) is 57.7 Å². The van der Waals surface area contributed by atoms with Crippen LogP contribution in [-0.4, -0.2) is 35.7 Å². The van der Waals surface area contributed by atoms with Gasteiger partial charge in [-0.25, -0.2) is 0 Å². The van der Waals surface area contributed by atoms with E-state index in [1.54, 1.807) is 6.92 Å². The molecule has 21 heavy (non-hydrogen) atoms. The Hall–Kier alpha value is -1.55. The van der Waals surface area contributed by atoms with Crippen molar-refractivity contribution in [1.29, 1.82) is 0 Å². The summed E-state index contributed by atoms with van der Waals surface area (Å²) in [5.74, 6) is -0.755. The molecular weight excluding hydrogens is 264 g/mol. The molecule has 4 heteroatoms. The molecule has 1 saturated carbocycles. The Morgan fingerprint density at radius 1 is 1.48 bits per heavy atom. The molecule has 0 amide bonds. The maximum Gasteiger partial charge on any atom is 0.323 e. The van der Waals surface area contributed by atoms with Crippen molar-refractivity contribution < 1.29 is 9.90 Å². The second-order valence-electron chi connectivity index (χ2n) is 6.22. The Labute approximate surface area is 127 Å². The summed E-state index contributed by atoms with van der Waals surface area (Å²) >= 11 is 0. The SMILES string of the molecule is CCN(CCC(C)(NC1CC1)C(=O)O)c1cccc(C)c1. The quantitative estimate of drug-likeness (QED) is 0.773. The monoisotopic (exact) mass is 290 g/mol. The second kappa shape index (κ2) is 6.48. The predicted molar refractivity (Wildman–Crippen MR) is 85.9 cm³/mol. The standard InChI is InChI=1S/C17H26N2O2/c1-4-19(15-7-5-6-13(2)12-15)11-10-17(3,16(20)21)18-14-8-9-14/h5-7,12,14,18H,4,8-11H2,1-3H3,(H,20,21). The molecule has 2 N–H and O–H groups in total. The van der Waals surface area contributed by atoms with Gasteiger partial charge in [-0.3, -0.25) is 10.1 Å². The number of aliphatic carboxylic acids is 1. The summed E-state index contributed by atoms with van der Waals surface area (Å²) in [6.07, 6.45) is 2.79. The average Bonchev–Trinajstić information content (AvgIpc) is 3.23. The van der Waals surface area contributed by atoms with Gasteiger partial charge in [0.2, 0.25) is 0 Å². The summed E-state index contributed by atoms with van der Waals surface area (Å²) in [5.41, 5.74) is 1.55. The van der Waals surface area contributed by atoms with E-state index in [0.29, 0.717) is 12.5 Å². The number of rotatable bonds is 8. The van der Waals surface area contributed by atoms with E-state index in [4.69, 9.17) is 0 Å². The number of hydrogen-bond acceptors (Lipinski definition) is 3. The van der Waals surface area contributed by atoms with E-state index >= 15 is 0 Å². The van der Waals surface area contributed by atoms with Crippen LogP contribution in [0.1, 0.15) is 38.7 Å². The maximum atomic E-state index is 11.6. The van der Waals surface area contributed by atoms with Gasteiger partial charge in [-0.1, -0.05) is 12.1 Å². The van der Waals surface area contributed by atoms with Crippen LogP contribution in [0.5, 0.6) is 0 Å². The Morgan fingerprint density at radius 3 is 2.71 bits per heavy atom. The third-order valence-corrected chi connectivity index (χ3v) is 4.20. The van der Waals surface area contributed by atoms with Gasteiger partial charge >= 0.3 is 5.97 Å². The van der Waals surface area contributed by atoms with Gasteiger partial charge in [-0.15, -0.1) is 0 Å². The molecule has 1 atom stereocenters. The van der Waals surface area contributed by atoms with Crippen LogP contribution in [0.3, 0.4) is 0 Å². The first-order valence-corrected chi connectivity index (χ1v) is 7.77. The van der Waals surface area contributed by atoms with Crippen LogP contribution in [0.4, 0.5) is 5.69 Å². The fourth-order valence-electron chi connectivity index (χ4n) is 2.57. The summed E-state index contributed by atoms with van der Waals surface area (Å²) in [5, 5.41) is 12.8. The van der Waals surface area contributed by atoms with E-state index in [9.17, 15) is 9.90 Å². The summed E-state index contributed by atoms with van der Waals surface area (Å²) in [6.45, 7) is 7.60. The van der Waals surface area contributed by atoms with Crippen LogP contribution in [-0.2, 0) is 4.79 Å². The molecule has 1 fully saturated rings. The molecule has 4 nitrogen and oxygen atoms in total. The summed E-state index contributed by atoms with van der Waals surface area (Å²) < 4.78 is 0. The molecule has 1 aromatic rings. The minimum atomic E-state index is -0.835. The molecule has 1 unspecified atom stereocenters. The molecular formula is C17H26N2O2. The molecule has 116 valence electrons. The van der Waals surface area contributed by atoms with Gasteiger partial charge in [0.1, 0.15) is 5.54 Å². The molecule has 0 heterocycles. The first-order chi connectivity index (χ1) is 9.94. The number of hydrogen-bond donors (Lipinski definition) is 2. The van der Waals surface area contributed by atoms with Crippen LogP contribution < -0.4 is 10.2 Å². The molecule has 0 spiro atoms. The van der Waals surface area contributed by atoms with Crippen LogP contribution in [0.25, 0.3) is 0 Å². The number of carboxylic acids is 1. The first-order valence-electron chi connectivity index (χ1n) is 7.77. The van der Waals surface area contributed by atoms with Gasteiger partial charge in [0.05, 0.1) is 0 Å². The van der Waals surface area contributed by atoms with E-state index in [1.807, 2.05) is 6.07 Å². The summed E-state index contributed by atoms with van der Waals surface area (Å²) in [7, 11) is 0. The molecule has 0 aromatic heterocycles. The van der Waals surface area contributed by atoms with Crippen molar-refractivity contribution in [1.82, 2.24) is 5.32 Å². The van der Waals surface area contributed by atoms with E-state index in [1.165, 1.54) is 5.56 Å². The van der Waals surface area contributed by atoms with Crippen LogP contribution in [0.2, 0.25) is 0 Å². The lowest BCUT2D eigenvalue weighted by Crippen LogP contribution is -2.52. The third-order valence-electron chi connectivity index (χ3n) is 4.20. The minimum Gasteiger partial charge on any atom is -0.480 e. The number of carbonyl (C=O) groups is 1. The molecule has 0 bridgehead atoms. The molecule has 1 aliphatic carbocycles. The highest BCUT2D eigenvalue weighted by atomic mass is 16.4. The van der Waals surface area contributed by atoms with Gasteiger partial charge in [0, 0.05) is 24.8 Å². The molecule has 0 radical (unpaired) electrons. The maximum absolute atomic E-state index is 11.6. The first kappa shape index (κ1) is 15.8. The van der Waals surface area contributed by atoms with Gasteiger partial charge < -0.3 is 10.0 Å². The van der Waals surface area contributed by atoms with Gasteiger partial charge in [0.15, 0.2) is 0 Å². The normalized spacial score (nSPS) is 17.3. The highest BCUT2D eigenvalue weighted by Gasteiger charge is 2.38. The van der Waals surface area contributed by atoms with Crippen molar-refractivity contribution in [3.63, 3.8) is 0 Å². The van der Waals surface area contributed by atoms with Crippen LogP contribution in [0, 0.1) is 6.92 Å². The van der Waals surface area contributed by atoms with Crippen molar-refractivity contribution in [3.05, 3.63) is 29.8 Å². The predicted octanol–water partition coefficient (Wildman–Crippen LogP) is 2.81. The van der Waals surface area contributed by atoms with E-state index in [-0.39, 0.29) is 0 Å². The Balaban J connectivity index is 2.02. The van der Waals surface area contributed by atoms with E-state index in [0.717, 1.165) is 31.6 Å². The van der Waals surface area contributed by atoms with Crippen molar-refractivity contribution >= 4 is 11.7 Å². The van der Waals surface area contributed by atoms with Gasteiger partial charge in [-0.2, -0.15) is 0 Å². The zero-order chi connectivity index (χ0) is 15.5. The van der Waals surface area contributed by atoms with E-state index < -0.39 is 11.5 Å². The summed E-state index contributed by atoms with van der Waals surface area (Å²) in [4.78, 5) is 13.8. The van der Waals surface area contributed by atoms with Crippen LogP contribution >= 0.6 is 0 Å². The number of nitrogens with one attached hydrogen (secondary N) is 1. The van der Waals surface area contributed by atoms with Gasteiger partial charge in [0.25, 0.3) is 0 Å². The minimum absolute atomic E-state index is 0.389. The number of aryl methyl sites for hydroxylation is 1. The zero-order valence-electron chi connectivity index (χ0n) is 13.2. The molecule has 0 saturated heterocycles. The largest absolute Gasteiger partial charge is 0.480 e. The highest BCUT2D eigenvalue weighted by Crippen LogP contribution is 2.25. The smallest absolute Gasteiger partial charge is 0.323 e. The van der Waals surface area contributed by atoms with Crippen molar-refractivity contribution in [2.45, 2.75) is 51.6 Å². The molecule has 0 aliphatic heterocycles. The van der Waals surface area contributed by atoms with Crippen molar-refractivity contribution in [2.75, 3.05) is 18.0 Å². The van der Waals surface area contributed by atoms with Crippen LogP contribution in [0.15, 0.2) is 24.3 Å². The Bertz CT molecular complexity index is 499. The number of nitrogens with zero attached hydrogens (tertiary/aromatic N) is 1. The molecule has 2 rings (SSSR count). The van der Waals surface area contributed by atoms with Crippen molar-refractivity contribution in [3.8, 4) is 0 Å². The lowest BCUT2D eigenvalue weighted by molar-refractivity contribution is -0.144. The molecule has 1 aliphatic rings. The fraction of sp³-hybridized carbons (Fsp3) is 0.588. The number of carboxylic acid groups (broad SMARTS) is 1. The third kappa shape index (κ3) is 4.21. The topological polar surface area (TPSA) is 52.6 Å². The summed E-state index contributed by atoms with van der Waals surface area (Å²) in [6, 6.07) is 8.75. The number of benzene rings is 1. The Kier molecular flexibility index (Phi) is 4.88. The van der Waals surface area contributed by atoms with E-state index in [2.05, 4.69) is 42.3 Å². The lowest BCUT2D eigenvalue weighted by atomic mass is 9.97. The number of anilines is 1. The fourth-order valence-corrected chi connectivity index (χ4v) is 2.57. The molecule has 1 aromatic carbocycles. The average molecular weight is 290 g/mol. The van der Waals surface area contributed by atoms with Crippen molar-refractivity contribution in [2.24, 2.45) is 0 Å². The lowest BCUT2D eigenvalue weighted by Gasteiger charge is -2.31. The second-order valence-corrected chi connectivity index (χ2v) is 6.22. The zero-order valence-corrected chi connectivity index (χ0v) is 13.2.